The van der Waals surface area contributed by atoms with Crippen LogP contribution in [0.2, 0.25) is 0 Å². The van der Waals surface area contributed by atoms with Crippen molar-refractivity contribution in [2.45, 2.75) is 45.1 Å². The fourth-order valence-electron chi connectivity index (χ4n) is 2.54. The van der Waals surface area contributed by atoms with Gasteiger partial charge in [0.25, 0.3) is 0 Å². The zero-order valence-corrected chi connectivity index (χ0v) is 12.1. The summed E-state index contributed by atoms with van der Waals surface area (Å²) in [7, 11) is 1.69. The minimum absolute atomic E-state index is 0.427. The standard InChI is InChI=1S/C16H25NO2/c1-3-4-5-6-10-17-15-9-11-19-16-12-13(18-2)7-8-14(15)16/h7-8,12,15,17H,3-6,9-11H2,1-2H3. The van der Waals surface area contributed by atoms with Crippen molar-refractivity contribution < 1.29 is 9.47 Å². The third-order valence-corrected chi connectivity index (χ3v) is 3.68. The van der Waals surface area contributed by atoms with Crippen molar-refractivity contribution in [2.24, 2.45) is 0 Å². The largest absolute Gasteiger partial charge is 0.497 e. The van der Waals surface area contributed by atoms with Crippen LogP contribution in [0.3, 0.4) is 0 Å². The highest BCUT2D eigenvalue weighted by molar-refractivity contribution is 5.43. The monoisotopic (exact) mass is 263 g/mol. The number of hydrogen-bond donors (Lipinski definition) is 1. The third kappa shape index (κ3) is 3.87. The fraction of sp³-hybridized carbons (Fsp3) is 0.625. The van der Waals surface area contributed by atoms with Crippen LogP contribution in [0.1, 0.15) is 50.6 Å². The smallest absolute Gasteiger partial charge is 0.127 e. The third-order valence-electron chi connectivity index (χ3n) is 3.68. The van der Waals surface area contributed by atoms with Crippen LogP contribution in [0.5, 0.6) is 11.5 Å². The van der Waals surface area contributed by atoms with Crippen molar-refractivity contribution in [3.63, 3.8) is 0 Å². The first kappa shape index (κ1) is 14.2. The number of benzene rings is 1. The lowest BCUT2D eigenvalue weighted by atomic mass is 10.00. The first-order valence-electron chi connectivity index (χ1n) is 7.39. The summed E-state index contributed by atoms with van der Waals surface area (Å²) < 4.78 is 11.0. The molecule has 0 bridgehead atoms. The number of hydrogen-bond acceptors (Lipinski definition) is 3. The lowest BCUT2D eigenvalue weighted by Crippen LogP contribution is -2.27. The van der Waals surface area contributed by atoms with E-state index >= 15 is 0 Å². The van der Waals surface area contributed by atoms with Gasteiger partial charge in [-0.2, -0.15) is 0 Å². The summed E-state index contributed by atoms with van der Waals surface area (Å²) in [5.74, 6) is 1.83. The molecule has 1 atom stereocenters. The van der Waals surface area contributed by atoms with Gasteiger partial charge in [0.1, 0.15) is 11.5 Å². The normalized spacial score (nSPS) is 17.7. The molecule has 0 aliphatic carbocycles. The minimum Gasteiger partial charge on any atom is -0.497 e. The van der Waals surface area contributed by atoms with Gasteiger partial charge in [-0.15, -0.1) is 0 Å². The molecule has 1 aliphatic heterocycles. The van der Waals surface area contributed by atoms with E-state index < -0.39 is 0 Å². The second-order valence-corrected chi connectivity index (χ2v) is 5.11. The predicted octanol–water partition coefficient (Wildman–Crippen LogP) is 3.69. The zero-order valence-electron chi connectivity index (χ0n) is 12.1. The van der Waals surface area contributed by atoms with Crippen molar-refractivity contribution >= 4 is 0 Å². The number of methoxy groups -OCH3 is 1. The molecule has 3 nitrogen and oxygen atoms in total. The van der Waals surface area contributed by atoms with E-state index in [2.05, 4.69) is 18.3 Å². The summed E-state index contributed by atoms with van der Waals surface area (Å²) in [5.41, 5.74) is 1.27. The SMILES string of the molecule is CCCCCCNC1CCOc2cc(OC)ccc21. The van der Waals surface area contributed by atoms with E-state index in [4.69, 9.17) is 9.47 Å². The number of unbranched alkanes of at least 4 members (excludes halogenated alkanes) is 3. The van der Waals surface area contributed by atoms with Crippen molar-refractivity contribution in [1.82, 2.24) is 5.32 Å². The lowest BCUT2D eigenvalue weighted by Gasteiger charge is -2.27. The zero-order chi connectivity index (χ0) is 13.5. The van der Waals surface area contributed by atoms with Crippen LogP contribution in [-0.2, 0) is 0 Å². The molecule has 0 aromatic heterocycles. The Morgan fingerprint density at radius 3 is 3.00 bits per heavy atom. The van der Waals surface area contributed by atoms with Crippen molar-refractivity contribution in [1.29, 1.82) is 0 Å². The van der Waals surface area contributed by atoms with E-state index in [1.807, 2.05) is 12.1 Å². The Bertz CT molecular complexity index is 392. The molecule has 1 aromatic rings. The van der Waals surface area contributed by atoms with E-state index in [1.54, 1.807) is 7.11 Å². The number of fused-ring (bicyclic) bond motifs is 1. The van der Waals surface area contributed by atoms with Crippen LogP contribution < -0.4 is 14.8 Å². The molecule has 1 heterocycles. The Hall–Kier alpha value is -1.22. The van der Waals surface area contributed by atoms with Gasteiger partial charge >= 0.3 is 0 Å². The van der Waals surface area contributed by atoms with Crippen molar-refractivity contribution in [3.05, 3.63) is 23.8 Å². The molecule has 0 fully saturated rings. The van der Waals surface area contributed by atoms with E-state index in [1.165, 1.54) is 31.2 Å². The highest BCUT2D eigenvalue weighted by Crippen LogP contribution is 2.34. The van der Waals surface area contributed by atoms with Gasteiger partial charge in [0, 0.05) is 24.1 Å². The molecule has 1 aliphatic rings. The first-order chi connectivity index (χ1) is 9.35. The van der Waals surface area contributed by atoms with Crippen LogP contribution in [0, 0.1) is 0 Å². The highest BCUT2D eigenvalue weighted by Gasteiger charge is 2.21. The quantitative estimate of drug-likeness (QED) is 0.761. The minimum atomic E-state index is 0.427. The summed E-state index contributed by atoms with van der Waals surface area (Å²) in [6, 6.07) is 6.55. The van der Waals surface area contributed by atoms with Crippen LogP contribution in [0.25, 0.3) is 0 Å². The lowest BCUT2D eigenvalue weighted by molar-refractivity contribution is 0.251. The predicted molar refractivity (Wildman–Crippen MR) is 78.0 cm³/mol. The van der Waals surface area contributed by atoms with Gasteiger partial charge < -0.3 is 14.8 Å². The van der Waals surface area contributed by atoms with Gasteiger partial charge in [-0.25, -0.2) is 0 Å². The number of nitrogens with one attached hydrogen (secondary N) is 1. The molecule has 106 valence electrons. The maximum Gasteiger partial charge on any atom is 0.127 e. The van der Waals surface area contributed by atoms with E-state index in [0.29, 0.717) is 6.04 Å². The molecule has 3 heteroatoms. The van der Waals surface area contributed by atoms with E-state index in [-0.39, 0.29) is 0 Å². The molecule has 0 radical (unpaired) electrons. The van der Waals surface area contributed by atoms with Gasteiger partial charge in [-0.05, 0) is 19.0 Å². The molecule has 1 aromatic carbocycles. The topological polar surface area (TPSA) is 30.5 Å². The first-order valence-corrected chi connectivity index (χ1v) is 7.39. The van der Waals surface area contributed by atoms with Crippen LogP contribution >= 0.6 is 0 Å². The Balaban J connectivity index is 1.90. The van der Waals surface area contributed by atoms with Gasteiger partial charge in [0.05, 0.1) is 13.7 Å². The molecule has 2 rings (SSSR count). The van der Waals surface area contributed by atoms with E-state index in [9.17, 15) is 0 Å². The average Bonchev–Trinajstić information content (AvgIpc) is 2.46. The number of rotatable bonds is 7. The second kappa shape index (κ2) is 7.39. The number of ether oxygens (including phenoxy) is 2. The fourth-order valence-corrected chi connectivity index (χ4v) is 2.54. The van der Waals surface area contributed by atoms with Crippen LogP contribution in [0.15, 0.2) is 18.2 Å². The second-order valence-electron chi connectivity index (χ2n) is 5.11. The molecule has 0 spiro atoms. The summed E-state index contributed by atoms with van der Waals surface area (Å²) in [4.78, 5) is 0. The summed E-state index contributed by atoms with van der Waals surface area (Å²) in [5, 5.41) is 3.65. The van der Waals surface area contributed by atoms with Crippen molar-refractivity contribution in [2.75, 3.05) is 20.3 Å². The average molecular weight is 263 g/mol. The van der Waals surface area contributed by atoms with Gasteiger partial charge in [-0.1, -0.05) is 32.3 Å². The van der Waals surface area contributed by atoms with Gasteiger partial charge in [-0.3, -0.25) is 0 Å². The summed E-state index contributed by atoms with van der Waals surface area (Å²) >= 11 is 0. The summed E-state index contributed by atoms with van der Waals surface area (Å²) in [6.45, 7) is 4.12. The summed E-state index contributed by atoms with van der Waals surface area (Å²) in [6.07, 6.45) is 6.26. The molecule has 1 unspecified atom stereocenters. The molecule has 0 saturated heterocycles. The molecule has 0 amide bonds. The maximum atomic E-state index is 5.72. The Morgan fingerprint density at radius 1 is 1.32 bits per heavy atom. The van der Waals surface area contributed by atoms with E-state index in [0.717, 1.165) is 31.1 Å². The van der Waals surface area contributed by atoms with Crippen LogP contribution in [-0.4, -0.2) is 20.3 Å². The molecule has 0 saturated carbocycles. The molecular formula is C16H25NO2. The Morgan fingerprint density at radius 2 is 2.21 bits per heavy atom. The van der Waals surface area contributed by atoms with Crippen LogP contribution in [0.4, 0.5) is 0 Å². The Labute approximate surface area is 116 Å². The molecular weight excluding hydrogens is 238 g/mol. The maximum absolute atomic E-state index is 5.72. The highest BCUT2D eigenvalue weighted by atomic mass is 16.5. The molecule has 19 heavy (non-hydrogen) atoms. The van der Waals surface area contributed by atoms with Gasteiger partial charge in [0.2, 0.25) is 0 Å². The van der Waals surface area contributed by atoms with Crippen molar-refractivity contribution in [3.8, 4) is 11.5 Å². The molecule has 1 N–H and O–H groups in total. The van der Waals surface area contributed by atoms with Gasteiger partial charge in [0.15, 0.2) is 0 Å². The Kier molecular flexibility index (Phi) is 5.52.